The highest BCUT2D eigenvalue weighted by molar-refractivity contribution is 5.73. The molecule has 9 unspecified atom stereocenters. The molecule has 8 heteroatoms. The normalized spacial score (nSPS) is 52.0. The molecule has 3 fully saturated rings. The maximum atomic E-state index is 11.7. The first-order valence-corrected chi connectivity index (χ1v) is 8.43. The van der Waals surface area contributed by atoms with Gasteiger partial charge in [0.15, 0.2) is 6.29 Å². The van der Waals surface area contributed by atoms with E-state index in [1.54, 1.807) is 0 Å². The van der Waals surface area contributed by atoms with Gasteiger partial charge in [-0.25, -0.2) is 0 Å². The SMILES string of the molecule is CC1C(=O)OCC2C1CCC2(C)OC1OC(CO)C(O)C(O)C1O. The summed E-state index contributed by atoms with van der Waals surface area (Å²) in [6, 6.07) is 0. The number of hydrogen-bond acceptors (Lipinski definition) is 8. The third-order valence-corrected chi connectivity index (χ3v) is 5.93. The van der Waals surface area contributed by atoms with Crippen molar-refractivity contribution in [2.45, 2.75) is 63.0 Å². The number of esters is 1. The van der Waals surface area contributed by atoms with Gasteiger partial charge >= 0.3 is 5.97 Å². The molecule has 2 saturated heterocycles. The van der Waals surface area contributed by atoms with Crippen LogP contribution >= 0.6 is 0 Å². The Morgan fingerprint density at radius 1 is 1.25 bits per heavy atom. The van der Waals surface area contributed by atoms with Gasteiger partial charge in [-0.05, 0) is 25.7 Å². The first-order chi connectivity index (χ1) is 11.3. The second kappa shape index (κ2) is 6.51. The zero-order valence-corrected chi connectivity index (χ0v) is 13.9. The van der Waals surface area contributed by atoms with Gasteiger partial charge in [0, 0.05) is 5.92 Å². The molecule has 0 aromatic rings. The molecule has 8 nitrogen and oxygen atoms in total. The molecule has 0 spiro atoms. The van der Waals surface area contributed by atoms with Crippen LogP contribution in [0, 0.1) is 17.8 Å². The Kier molecular flexibility index (Phi) is 4.89. The number of hydrogen-bond donors (Lipinski definition) is 4. The summed E-state index contributed by atoms with van der Waals surface area (Å²) in [6.45, 7) is 3.48. The van der Waals surface area contributed by atoms with Crippen molar-refractivity contribution in [3.8, 4) is 0 Å². The standard InChI is InChI=1S/C16H26O8/c1-7-8-3-4-16(2,9(8)6-22-14(7)21)24-15-13(20)12(19)11(18)10(5-17)23-15/h7-13,15,17-20H,3-6H2,1-2H3. The van der Waals surface area contributed by atoms with Crippen LogP contribution in [0.15, 0.2) is 0 Å². The number of cyclic esters (lactones) is 1. The highest BCUT2D eigenvalue weighted by atomic mass is 16.7. The fourth-order valence-corrected chi connectivity index (χ4v) is 4.25. The molecule has 2 aliphatic heterocycles. The molecule has 3 aliphatic rings. The summed E-state index contributed by atoms with van der Waals surface area (Å²) in [7, 11) is 0. The smallest absolute Gasteiger partial charge is 0.308 e. The van der Waals surface area contributed by atoms with Crippen LogP contribution in [0.25, 0.3) is 0 Å². The van der Waals surface area contributed by atoms with Crippen LogP contribution in [0.5, 0.6) is 0 Å². The Bertz CT molecular complexity index is 483. The molecule has 2 heterocycles. The number of ether oxygens (including phenoxy) is 3. The fourth-order valence-electron chi connectivity index (χ4n) is 4.25. The largest absolute Gasteiger partial charge is 0.465 e. The minimum Gasteiger partial charge on any atom is -0.465 e. The first kappa shape index (κ1) is 18.0. The Balaban J connectivity index is 1.74. The van der Waals surface area contributed by atoms with Gasteiger partial charge in [-0.2, -0.15) is 0 Å². The summed E-state index contributed by atoms with van der Waals surface area (Å²) in [6.07, 6.45) is -5.01. The molecular weight excluding hydrogens is 320 g/mol. The number of aliphatic hydroxyl groups excluding tert-OH is 4. The Morgan fingerprint density at radius 3 is 2.62 bits per heavy atom. The van der Waals surface area contributed by atoms with Crippen LogP contribution in [0.4, 0.5) is 0 Å². The molecule has 0 aromatic heterocycles. The lowest BCUT2D eigenvalue weighted by atomic mass is 9.79. The maximum Gasteiger partial charge on any atom is 0.308 e. The van der Waals surface area contributed by atoms with Gasteiger partial charge < -0.3 is 34.6 Å². The summed E-state index contributed by atoms with van der Waals surface area (Å²) in [4.78, 5) is 11.7. The molecule has 0 radical (unpaired) electrons. The lowest BCUT2D eigenvalue weighted by Crippen LogP contribution is -2.61. The molecule has 9 atom stereocenters. The number of fused-ring (bicyclic) bond motifs is 1. The minimum absolute atomic E-state index is 0.0300. The lowest BCUT2D eigenvalue weighted by Gasteiger charge is -2.45. The summed E-state index contributed by atoms with van der Waals surface area (Å²) in [5.41, 5.74) is -0.687. The van der Waals surface area contributed by atoms with E-state index >= 15 is 0 Å². The van der Waals surface area contributed by atoms with Crippen LogP contribution in [0.2, 0.25) is 0 Å². The summed E-state index contributed by atoms with van der Waals surface area (Å²) < 4.78 is 16.7. The van der Waals surface area contributed by atoms with Crippen molar-refractivity contribution in [1.82, 2.24) is 0 Å². The average Bonchev–Trinajstić information content (AvgIpc) is 2.89. The summed E-state index contributed by atoms with van der Waals surface area (Å²) >= 11 is 0. The molecule has 1 saturated carbocycles. The molecule has 0 amide bonds. The highest BCUT2D eigenvalue weighted by Crippen LogP contribution is 2.49. The minimum atomic E-state index is -1.47. The van der Waals surface area contributed by atoms with Crippen molar-refractivity contribution < 1.29 is 39.4 Å². The molecule has 1 aliphatic carbocycles. The lowest BCUT2D eigenvalue weighted by molar-refractivity contribution is -0.331. The van der Waals surface area contributed by atoms with E-state index in [1.807, 2.05) is 13.8 Å². The molecule has 4 N–H and O–H groups in total. The van der Waals surface area contributed by atoms with Gasteiger partial charge in [0.1, 0.15) is 24.4 Å². The van der Waals surface area contributed by atoms with Crippen molar-refractivity contribution in [2.75, 3.05) is 13.2 Å². The molecule has 0 aromatic carbocycles. The van der Waals surface area contributed by atoms with E-state index < -0.39 is 42.9 Å². The Hall–Kier alpha value is -0.770. The van der Waals surface area contributed by atoms with E-state index in [9.17, 15) is 25.2 Å². The van der Waals surface area contributed by atoms with Crippen LogP contribution in [-0.4, -0.2) is 75.9 Å². The van der Waals surface area contributed by atoms with E-state index in [0.717, 1.165) is 6.42 Å². The first-order valence-electron chi connectivity index (χ1n) is 8.43. The van der Waals surface area contributed by atoms with Crippen molar-refractivity contribution in [3.63, 3.8) is 0 Å². The second-order valence-corrected chi connectivity index (χ2v) is 7.36. The molecular formula is C16H26O8. The van der Waals surface area contributed by atoms with E-state index in [0.29, 0.717) is 6.42 Å². The van der Waals surface area contributed by atoms with Crippen molar-refractivity contribution in [3.05, 3.63) is 0 Å². The topological polar surface area (TPSA) is 126 Å². The Morgan fingerprint density at radius 2 is 1.96 bits per heavy atom. The fraction of sp³-hybridized carbons (Fsp3) is 0.938. The number of aliphatic hydroxyl groups is 4. The summed E-state index contributed by atoms with van der Waals surface area (Å²) in [5.74, 6) is -0.295. The third kappa shape index (κ3) is 2.85. The quantitative estimate of drug-likeness (QED) is 0.469. The third-order valence-electron chi connectivity index (χ3n) is 5.93. The van der Waals surface area contributed by atoms with E-state index in [-0.39, 0.29) is 30.3 Å². The Labute approximate surface area is 140 Å². The van der Waals surface area contributed by atoms with Crippen molar-refractivity contribution >= 4 is 5.97 Å². The molecule has 138 valence electrons. The van der Waals surface area contributed by atoms with Crippen molar-refractivity contribution in [2.24, 2.45) is 17.8 Å². The van der Waals surface area contributed by atoms with Crippen molar-refractivity contribution in [1.29, 1.82) is 0 Å². The summed E-state index contributed by atoms with van der Waals surface area (Å²) in [5, 5.41) is 39.2. The van der Waals surface area contributed by atoms with Crippen LogP contribution in [-0.2, 0) is 19.0 Å². The average molecular weight is 346 g/mol. The van der Waals surface area contributed by atoms with E-state index in [1.165, 1.54) is 0 Å². The second-order valence-electron chi connectivity index (χ2n) is 7.36. The van der Waals surface area contributed by atoms with E-state index in [2.05, 4.69) is 0 Å². The predicted octanol–water partition coefficient (Wildman–Crippen LogP) is -1.22. The monoisotopic (exact) mass is 346 g/mol. The molecule has 24 heavy (non-hydrogen) atoms. The van der Waals surface area contributed by atoms with Gasteiger partial charge in [-0.1, -0.05) is 6.92 Å². The maximum absolute atomic E-state index is 11.7. The van der Waals surface area contributed by atoms with Gasteiger partial charge in [-0.3, -0.25) is 4.79 Å². The zero-order valence-electron chi connectivity index (χ0n) is 13.9. The van der Waals surface area contributed by atoms with Crippen LogP contribution in [0.3, 0.4) is 0 Å². The van der Waals surface area contributed by atoms with Crippen LogP contribution in [0.1, 0.15) is 26.7 Å². The number of carbonyl (C=O) groups excluding carboxylic acids is 1. The molecule has 0 bridgehead atoms. The number of carbonyl (C=O) groups is 1. The van der Waals surface area contributed by atoms with Gasteiger partial charge in [0.25, 0.3) is 0 Å². The van der Waals surface area contributed by atoms with Gasteiger partial charge in [0.2, 0.25) is 0 Å². The zero-order chi connectivity index (χ0) is 17.6. The van der Waals surface area contributed by atoms with Gasteiger partial charge in [0.05, 0.1) is 24.7 Å². The molecule has 3 rings (SSSR count). The number of rotatable bonds is 3. The van der Waals surface area contributed by atoms with E-state index in [4.69, 9.17) is 14.2 Å². The van der Waals surface area contributed by atoms with Gasteiger partial charge in [-0.15, -0.1) is 0 Å². The highest BCUT2D eigenvalue weighted by Gasteiger charge is 2.55. The van der Waals surface area contributed by atoms with Crippen LogP contribution < -0.4 is 0 Å². The predicted molar refractivity (Wildman–Crippen MR) is 79.6 cm³/mol.